The van der Waals surface area contributed by atoms with Gasteiger partial charge >= 0.3 is 5.97 Å². The molecule has 0 amide bonds. The Labute approximate surface area is 143 Å². The Kier molecular flexibility index (Phi) is 3.82. The Balaban J connectivity index is 1.48. The van der Waals surface area contributed by atoms with E-state index in [9.17, 15) is 4.79 Å². The average molecular weight is 333 g/mol. The maximum atomic E-state index is 12.1. The summed E-state index contributed by atoms with van der Waals surface area (Å²) in [6, 6.07) is 18.6. The van der Waals surface area contributed by atoms with Crippen LogP contribution in [0.3, 0.4) is 0 Å². The molecule has 2 heterocycles. The molecule has 2 aromatic heterocycles. The van der Waals surface area contributed by atoms with E-state index in [0.29, 0.717) is 22.8 Å². The van der Waals surface area contributed by atoms with Gasteiger partial charge < -0.3 is 13.7 Å². The molecule has 0 spiro atoms. The first-order valence-corrected chi connectivity index (χ1v) is 7.88. The molecule has 124 valence electrons. The van der Waals surface area contributed by atoms with Crippen LogP contribution in [0, 0.1) is 6.92 Å². The predicted molar refractivity (Wildman–Crippen MR) is 92.0 cm³/mol. The molecule has 5 nitrogen and oxygen atoms in total. The number of ether oxygens (including phenoxy) is 1. The van der Waals surface area contributed by atoms with E-state index in [4.69, 9.17) is 13.7 Å². The van der Waals surface area contributed by atoms with E-state index in [-0.39, 0.29) is 12.6 Å². The largest absolute Gasteiger partial charge is 0.455 e. The maximum Gasteiger partial charge on any atom is 0.338 e. The van der Waals surface area contributed by atoms with Crippen LogP contribution in [0.5, 0.6) is 0 Å². The van der Waals surface area contributed by atoms with Crippen molar-refractivity contribution in [3.05, 3.63) is 77.5 Å². The fourth-order valence-corrected chi connectivity index (χ4v) is 2.62. The van der Waals surface area contributed by atoms with Crippen LogP contribution in [0.2, 0.25) is 0 Å². The molecule has 0 aliphatic carbocycles. The highest BCUT2D eigenvalue weighted by molar-refractivity contribution is 5.90. The molecule has 0 aliphatic rings. The Morgan fingerprint density at radius 3 is 2.68 bits per heavy atom. The highest BCUT2D eigenvalue weighted by Gasteiger charge is 2.14. The maximum absolute atomic E-state index is 12.1. The van der Waals surface area contributed by atoms with Crippen molar-refractivity contribution in [3.63, 3.8) is 0 Å². The van der Waals surface area contributed by atoms with Gasteiger partial charge in [0.15, 0.2) is 5.76 Å². The van der Waals surface area contributed by atoms with Gasteiger partial charge in [-0.05, 0) is 30.7 Å². The van der Waals surface area contributed by atoms with Crippen LogP contribution < -0.4 is 0 Å². The van der Waals surface area contributed by atoms with Crippen molar-refractivity contribution >= 4 is 16.9 Å². The second-order valence-corrected chi connectivity index (χ2v) is 5.72. The van der Waals surface area contributed by atoms with Crippen LogP contribution in [0.4, 0.5) is 0 Å². The van der Waals surface area contributed by atoms with Gasteiger partial charge in [-0.3, -0.25) is 0 Å². The molecule has 4 aromatic rings. The predicted octanol–water partition coefficient (Wildman–Crippen LogP) is 4.75. The summed E-state index contributed by atoms with van der Waals surface area (Å²) in [5.74, 6) is 0.703. The van der Waals surface area contributed by atoms with Crippen LogP contribution in [0.25, 0.3) is 22.5 Å². The van der Waals surface area contributed by atoms with Crippen LogP contribution in [0.1, 0.15) is 21.6 Å². The number of fused-ring (bicyclic) bond motifs is 1. The summed E-state index contributed by atoms with van der Waals surface area (Å²) in [7, 11) is 0. The lowest BCUT2D eigenvalue weighted by Gasteiger charge is -2.04. The molecule has 0 fully saturated rings. The Hall–Kier alpha value is -3.34. The summed E-state index contributed by atoms with van der Waals surface area (Å²) in [5, 5.41) is 4.93. The molecule has 0 bridgehead atoms. The third-order valence-corrected chi connectivity index (χ3v) is 3.94. The van der Waals surface area contributed by atoms with Crippen molar-refractivity contribution in [2.75, 3.05) is 0 Å². The number of aryl methyl sites for hydroxylation is 1. The lowest BCUT2D eigenvalue weighted by Crippen LogP contribution is -2.07. The first-order chi connectivity index (χ1) is 12.2. The van der Waals surface area contributed by atoms with Gasteiger partial charge in [-0.1, -0.05) is 41.6 Å². The lowest BCUT2D eigenvalue weighted by atomic mass is 10.1. The number of furan rings is 1. The van der Waals surface area contributed by atoms with E-state index >= 15 is 0 Å². The van der Waals surface area contributed by atoms with Crippen LogP contribution in [-0.2, 0) is 11.3 Å². The number of esters is 1. The van der Waals surface area contributed by atoms with Crippen LogP contribution in [-0.4, -0.2) is 11.1 Å². The Morgan fingerprint density at radius 1 is 1.04 bits per heavy atom. The normalized spacial score (nSPS) is 10.9. The number of hydrogen-bond acceptors (Lipinski definition) is 5. The van der Waals surface area contributed by atoms with E-state index in [2.05, 4.69) is 5.16 Å². The molecule has 0 unspecified atom stereocenters. The summed E-state index contributed by atoms with van der Waals surface area (Å²) >= 11 is 0. The average Bonchev–Trinajstić information content (AvgIpc) is 3.26. The standard InChI is InChI=1S/C20H15NO4/c1-13-6-2-4-8-16(13)20(22)23-12-15-11-19(25-21-15)18-10-14-7-3-5-9-17(14)24-18/h2-11H,12H2,1H3. The quantitative estimate of drug-likeness (QED) is 0.504. The Morgan fingerprint density at radius 2 is 1.84 bits per heavy atom. The minimum absolute atomic E-state index is 0.0386. The molecule has 0 aliphatic heterocycles. The Bertz CT molecular complexity index is 1010. The fraction of sp³-hybridized carbons (Fsp3) is 0.100. The number of aromatic nitrogens is 1. The summed E-state index contributed by atoms with van der Waals surface area (Å²) in [4.78, 5) is 12.1. The topological polar surface area (TPSA) is 65.5 Å². The zero-order chi connectivity index (χ0) is 17.2. The van der Waals surface area contributed by atoms with Gasteiger partial charge in [0.05, 0.1) is 5.56 Å². The third-order valence-electron chi connectivity index (χ3n) is 3.94. The molecule has 0 N–H and O–H groups in total. The highest BCUT2D eigenvalue weighted by Crippen LogP contribution is 2.28. The third kappa shape index (κ3) is 3.04. The number of para-hydroxylation sites is 1. The molecule has 25 heavy (non-hydrogen) atoms. The second-order valence-electron chi connectivity index (χ2n) is 5.72. The van der Waals surface area contributed by atoms with E-state index < -0.39 is 0 Å². The molecule has 0 atom stereocenters. The van der Waals surface area contributed by atoms with E-state index in [1.807, 2.05) is 49.4 Å². The van der Waals surface area contributed by atoms with Gasteiger partial charge in [-0.15, -0.1) is 0 Å². The molecule has 4 rings (SSSR count). The zero-order valence-electron chi connectivity index (χ0n) is 13.6. The van der Waals surface area contributed by atoms with Crippen LogP contribution >= 0.6 is 0 Å². The number of hydrogen-bond donors (Lipinski definition) is 0. The molecule has 2 aromatic carbocycles. The second kappa shape index (κ2) is 6.28. The zero-order valence-corrected chi connectivity index (χ0v) is 13.6. The number of benzene rings is 2. The molecule has 5 heteroatoms. The number of rotatable bonds is 4. The van der Waals surface area contributed by atoms with Crippen LogP contribution in [0.15, 0.2) is 69.6 Å². The summed E-state index contributed by atoms with van der Waals surface area (Å²) in [6.45, 7) is 1.91. The van der Waals surface area contributed by atoms with E-state index in [1.54, 1.807) is 18.2 Å². The number of nitrogens with zero attached hydrogens (tertiary/aromatic N) is 1. The van der Waals surface area contributed by atoms with Crippen molar-refractivity contribution in [1.82, 2.24) is 5.16 Å². The SMILES string of the molecule is Cc1ccccc1C(=O)OCc1cc(-c2cc3ccccc3o2)on1. The van der Waals surface area contributed by atoms with Gasteiger partial charge in [-0.25, -0.2) is 4.79 Å². The van der Waals surface area contributed by atoms with Gasteiger partial charge in [-0.2, -0.15) is 0 Å². The lowest BCUT2D eigenvalue weighted by molar-refractivity contribution is 0.0463. The van der Waals surface area contributed by atoms with Crippen molar-refractivity contribution < 1.29 is 18.5 Å². The molecule has 0 saturated heterocycles. The number of carbonyl (C=O) groups is 1. The monoisotopic (exact) mass is 333 g/mol. The van der Waals surface area contributed by atoms with Gasteiger partial charge in [0.2, 0.25) is 5.76 Å². The van der Waals surface area contributed by atoms with E-state index in [1.165, 1.54) is 0 Å². The summed E-state index contributed by atoms with van der Waals surface area (Å²) in [6.07, 6.45) is 0. The smallest absolute Gasteiger partial charge is 0.338 e. The fourth-order valence-electron chi connectivity index (χ4n) is 2.62. The molecule has 0 saturated carbocycles. The molecular weight excluding hydrogens is 318 g/mol. The van der Waals surface area contributed by atoms with Crippen molar-refractivity contribution in [2.24, 2.45) is 0 Å². The minimum atomic E-state index is -0.383. The van der Waals surface area contributed by atoms with Crippen molar-refractivity contribution in [2.45, 2.75) is 13.5 Å². The van der Waals surface area contributed by atoms with E-state index in [0.717, 1.165) is 16.5 Å². The van der Waals surface area contributed by atoms with Gasteiger partial charge in [0.1, 0.15) is 17.9 Å². The van der Waals surface area contributed by atoms with Gasteiger partial charge in [0.25, 0.3) is 0 Å². The summed E-state index contributed by atoms with van der Waals surface area (Å²) < 4.78 is 16.4. The molecular formula is C20H15NO4. The van der Waals surface area contributed by atoms with Gasteiger partial charge in [0, 0.05) is 11.5 Å². The highest BCUT2D eigenvalue weighted by atomic mass is 16.5. The minimum Gasteiger partial charge on any atom is -0.455 e. The van der Waals surface area contributed by atoms with Crippen molar-refractivity contribution in [1.29, 1.82) is 0 Å². The molecule has 0 radical (unpaired) electrons. The van der Waals surface area contributed by atoms with Crippen molar-refractivity contribution in [3.8, 4) is 11.5 Å². The number of carbonyl (C=O) groups excluding carboxylic acids is 1. The summed E-state index contributed by atoms with van der Waals surface area (Å²) in [5.41, 5.74) is 2.72. The first kappa shape index (κ1) is 15.2. The first-order valence-electron chi connectivity index (χ1n) is 7.88.